The van der Waals surface area contributed by atoms with Gasteiger partial charge in [-0.05, 0) is 66.4 Å². The predicted molar refractivity (Wildman–Crippen MR) is 148 cm³/mol. The van der Waals surface area contributed by atoms with Gasteiger partial charge in [0.25, 0.3) is 5.91 Å². The highest BCUT2D eigenvalue weighted by atomic mass is 35.5. The maximum Gasteiger partial charge on any atom is 0.262 e. The third kappa shape index (κ3) is 8.55. The highest BCUT2D eigenvalue weighted by Gasteiger charge is 2.14. The number of nitrogens with zero attached hydrogens (tertiary/aromatic N) is 1. The summed E-state index contributed by atoms with van der Waals surface area (Å²) in [6.07, 6.45) is 1.46. The van der Waals surface area contributed by atoms with E-state index < -0.39 is 5.91 Å². The lowest BCUT2D eigenvalue weighted by Crippen LogP contribution is -2.23. The van der Waals surface area contributed by atoms with Crippen LogP contribution in [-0.2, 0) is 16.1 Å². The minimum absolute atomic E-state index is 0.0517. The Balaban J connectivity index is 1.50. The summed E-state index contributed by atoms with van der Waals surface area (Å²) in [4.78, 5) is 12.5. The van der Waals surface area contributed by atoms with Crippen LogP contribution >= 0.6 is 11.6 Å². The van der Waals surface area contributed by atoms with E-state index >= 15 is 0 Å². The van der Waals surface area contributed by atoms with Crippen LogP contribution in [0.25, 0.3) is 6.08 Å². The molecule has 0 fully saturated rings. The summed E-state index contributed by atoms with van der Waals surface area (Å²) < 4.78 is 22.5. The van der Waals surface area contributed by atoms with Gasteiger partial charge in [-0.15, -0.1) is 0 Å². The summed E-state index contributed by atoms with van der Waals surface area (Å²) in [5.41, 5.74) is 3.81. The Morgan fingerprint density at radius 2 is 1.71 bits per heavy atom. The lowest BCUT2D eigenvalue weighted by Gasteiger charge is -2.14. The van der Waals surface area contributed by atoms with Crippen LogP contribution in [0, 0.1) is 25.2 Å². The molecule has 0 aliphatic rings. The second-order valence-corrected chi connectivity index (χ2v) is 8.83. The molecule has 0 aromatic heterocycles. The van der Waals surface area contributed by atoms with Crippen molar-refractivity contribution in [1.82, 2.24) is 5.32 Å². The minimum Gasteiger partial charge on any atom is -0.493 e. The van der Waals surface area contributed by atoms with Crippen molar-refractivity contribution < 1.29 is 23.7 Å². The van der Waals surface area contributed by atoms with Gasteiger partial charge in [0.2, 0.25) is 0 Å². The second-order valence-electron chi connectivity index (χ2n) is 8.43. The van der Waals surface area contributed by atoms with Gasteiger partial charge in [0.15, 0.2) is 11.5 Å². The Bertz CT molecular complexity index is 1300. The zero-order valence-corrected chi connectivity index (χ0v) is 22.5. The number of carbonyl (C=O) groups excluding carboxylic acids is 1. The molecular formula is C30H31ClN2O5. The zero-order valence-electron chi connectivity index (χ0n) is 21.8. The summed E-state index contributed by atoms with van der Waals surface area (Å²) in [6, 6.07) is 20.6. The molecule has 8 heteroatoms. The van der Waals surface area contributed by atoms with E-state index in [1.54, 1.807) is 12.1 Å². The molecule has 0 saturated heterocycles. The van der Waals surface area contributed by atoms with Gasteiger partial charge in [-0.2, -0.15) is 5.26 Å². The third-order valence-corrected chi connectivity index (χ3v) is 5.95. The molecule has 0 spiro atoms. The Labute approximate surface area is 228 Å². The van der Waals surface area contributed by atoms with E-state index in [-0.39, 0.29) is 17.2 Å². The molecule has 0 saturated carbocycles. The van der Waals surface area contributed by atoms with Crippen molar-refractivity contribution in [2.75, 3.05) is 33.5 Å². The second kappa shape index (κ2) is 14.7. The highest BCUT2D eigenvalue weighted by molar-refractivity contribution is 6.32. The average Bonchev–Trinajstić information content (AvgIpc) is 2.92. The quantitative estimate of drug-likeness (QED) is 0.173. The summed E-state index contributed by atoms with van der Waals surface area (Å²) in [5, 5.41) is 12.5. The molecule has 0 unspecified atom stereocenters. The number of hydrogen-bond acceptors (Lipinski definition) is 6. The Morgan fingerprint density at radius 1 is 0.974 bits per heavy atom. The van der Waals surface area contributed by atoms with Crippen LogP contribution in [0.1, 0.15) is 22.3 Å². The van der Waals surface area contributed by atoms with Gasteiger partial charge in [0.1, 0.15) is 30.6 Å². The highest BCUT2D eigenvalue weighted by Crippen LogP contribution is 2.37. The molecule has 0 aliphatic carbocycles. The number of ether oxygens (including phenoxy) is 4. The van der Waals surface area contributed by atoms with Gasteiger partial charge < -0.3 is 24.3 Å². The number of halogens is 1. The van der Waals surface area contributed by atoms with Crippen molar-refractivity contribution in [3.63, 3.8) is 0 Å². The molecule has 3 aromatic carbocycles. The van der Waals surface area contributed by atoms with Crippen LogP contribution in [0.3, 0.4) is 0 Å². The van der Waals surface area contributed by atoms with Gasteiger partial charge in [0, 0.05) is 6.54 Å². The predicted octanol–water partition coefficient (Wildman–Crippen LogP) is 5.66. The number of methoxy groups -OCH3 is 1. The summed E-state index contributed by atoms with van der Waals surface area (Å²) >= 11 is 6.44. The van der Waals surface area contributed by atoms with E-state index in [0.717, 1.165) is 11.3 Å². The zero-order chi connectivity index (χ0) is 27.3. The molecule has 3 aromatic rings. The first-order chi connectivity index (χ1) is 18.4. The number of nitriles is 1. The molecule has 7 nitrogen and oxygen atoms in total. The van der Waals surface area contributed by atoms with Gasteiger partial charge >= 0.3 is 0 Å². The molecule has 3 rings (SSSR count). The van der Waals surface area contributed by atoms with Gasteiger partial charge in [0.05, 0.1) is 25.3 Å². The first-order valence-corrected chi connectivity index (χ1v) is 12.5. The summed E-state index contributed by atoms with van der Waals surface area (Å²) in [7, 11) is 1.49. The van der Waals surface area contributed by atoms with Crippen molar-refractivity contribution in [2.45, 2.75) is 20.4 Å². The number of benzene rings is 3. The number of amides is 1. The monoisotopic (exact) mass is 534 g/mol. The number of aryl methyl sites for hydroxylation is 2. The maximum absolute atomic E-state index is 12.5. The molecule has 198 valence electrons. The van der Waals surface area contributed by atoms with Crippen LogP contribution in [0.2, 0.25) is 5.02 Å². The molecule has 1 amide bonds. The van der Waals surface area contributed by atoms with Crippen LogP contribution in [0.4, 0.5) is 0 Å². The van der Waals surface area contributed by atoms with E-state index in [1.165, 1.54) is 24.3 Å². The smallest absolute Gasteiger partial charge is 0.262 e. The van der Waals surface area contributed by atoms with Crippen LogP contribution < -0.4 is 19.5 Å². The Morgan fingerprint density at radius 3 is 2.39 bits per heavy atom. The Hall–Kier alpha value is -3.99. The number of hydrogen-bond donors (Lipinski definition) is 1. The number of nitrogens with one attached hydrogen (secondary N) is 1. The fraction of sp³-hybridized carbons (Fsp3) is 0.267. The van der Waals surface area contributed by atoms with Crippen LogP contribution in [0.5, 0.6) is 17.2 Å². The fourth-order valence-corrected chi connectivity index (χ4v) is 3.75. The first kappa shape index (κ1) is 28.6. The molecule has 1 N–H and O–H groups in total. The maximum atomic E-state index is 12.5. The molecule has 0 bridgehead atoms. The molecule has 38 heavy (non-hydrogen) atoms. The van der Waals surface area contributed by atoms with Gasteiger partial charge in [-0.3, -0.25) is 4.79 Å². The van der Waals surface area contributed by atoms with E-state index in [0.29, 0.717) is 43.4 Å². The molecule has 0 atom stereocenters. The standard InChI is InChI=1S/C30H31ClN2O5/c1-21-9-10-26(15-22(21)2)37-13-11-36-12-14-38-29-27(31)17-24(18-28(29)35-3)16-25(19-32)30(34)33-20-23-7-5-4-6-8-23/h4-10,15-18H,11-14,20H2,1-3H3,(H,33,34)/b25-16+. The summed E-state index contributed by atoms with van der Waals surface area (Å²) in [6.45, 7) is 5.84. The van der Waals surface area contributed by atoms with Crippen molar-refractivity contribution >= 4 is 23.6 Å². The molecule has 0 aliphatic heterocycles. The normalized spacial score (nSPS) is 11.0. The Kier molecular flexibility index (Phi) is 11.0. The lowest BCUT2D eigenvalue weighted by molar-refractivity contribution is -0.117. The third-order valence-electron chi connectivity index (χ3n) is 5.67. The fourth-order valence-electron chi connectivity index (χ4n) is 3.48. The average molecular weight is 535 g/mol. The summed E-state index contributed by atoms with van der Waals surface area (Å²) in [5.74, 6) is 1.06. The molecule has 0 radical (unpaired) electrons. The van der Waals surface area contributed by atoms with E-state index in [4.69, 9.17) is 30.5 Å². The van der Waals surface area contributed by atoms with E-state index in [9.17, 15) is 10.1 Å². The van der Waals surface area contributed by atoms with Crippen molar-refractivity contribution in [2.24, 2.45) is 0 Å². The topological polar surface area (TPSA) is 89.8 Å². The van der Waals surface area contributed by atoms with E-state index in [2.05, 4.69) is 12.2 Å². The van der Waals surface area contributed by atoms with Crippen molar-refractivity contribution in [1.29, 1.82) is 5.26 Å². The van der Waals surface area contributed by atoms with Gasteiger partial charge in [-0.1, -0.05) is 48.0 Å². The number of rotatable bonds is 13. The van der Waals surface area contributed by atoms with Crippen LogP contribution in [-0.4, -0.2) is 39.4 Å². The van der Waals surface area contributed by atoms with E-state index in [1.807, 2.05) is 61.5 Å². The molecule has 0 heterocycles. The lowest BCUT2D eigenvalue weighted by atomic mass is 10.1. The van der Waals surface area contributed by atoms with Crippen LogP contribution in [0.15, 0.2) is 66.2 Å². The number of carbonyl (C=O) groups is 1. The van der Waals surface area contributed by atoms with Crippen molar-refractivity contribution in [3.05, 3.63) is 93.5 Å². The first-order valence-electron chi connectivity index (χ1n) is 12.1. The largest absolute Gasteiger partial charge is 0.493 e. The van der Waals surface area contributed by atoms with Crippen molar-refractivity contribution in [3.8, 4) is 23.3 Å². The molecular weight excluding hydrogens is 504 g/mol. The van der Waals surface area contributed by atoms with Gasteiger partial charge in [-0.25, -0.2) is 0 Å². The SMILES string of the molecule is COc1cc(/C=C(\C#N)C(=O)NCc2ccccc2)cc(Cl)c1OCCOCCOc1ccc(C)c(C)c1. The minimum atomic E-state index is -0.481.